The number of benzene rings is 2. The highest BCUT2D eigenvalue weighted by Crippen LogP contribution is 2.43. The van der Waals surface area contributed by atoms with Gasteiger partial charge in [0.15, 0.2) is 0 Å². The summed E-state index contributed by atoms with van der Waals surface area (Å²) >= 11 is 0. The van der Waals surface area contributed by atoms with Crippen LogP contribution in [0, 0.1) is 10.8 Å². The fraction of sp³-hybridized carbons (Fsp3) is 0.455. The van der Waals surface area contributed by atoms with Gasteiger partial charge in [-0.2, -0.15) is 10.2 Å². The summed E-state index contributed by atoms with van der Waals surface area (Å²) in [5.41, 5.74) is 3.70. The Kier molecular flexibility index (Phi) is 5.58. The molecule has 2 aromatic rings. The monoisotopic (exact) mass is 322 g/mol. The molecule has 2 heteroatoms. The Labute approximate surface area is 147 Å². The molecule has 0 aliphatic carbocycles. The minimum atomic E-state index is 0.236. The summed E-state index contributed by atoms with van der Waals surface area (Å²) < 4.78 is 0. The van der Waals surface area contributed by atoms with Gasteiger partial charge in [-0.15, -0.1) is 0 Å². The largest absolute Gasteiger partial charge is 0.151 e. The molecule has 24 heavy (non-hydrogen) atoms. The third-order valence-corrected chi connectivity index (χ3v) is 4.19. The van der Waals surface area contributed by atoms with Crippen LogP contribution in [-0.2, 0) is 0 Å². The first-order valence-electron chi connectivity index (χ1n) is 8.72. The highest BCUT2D eigenvalue weighted by atomic mass is 15.1. The molecule has 0 aliphatic heterocycles. The van der Waals surface area contributed by atoms with Gasteiger partial charge in [-0.25, -0.2) is 0 Å². The summed E-state index contributed by atoms with van der Waals surface area (Å²) in [7, 11) is 0. The molecule has 1 atom stereocenters. The predicted molar refractivity (Wildman–Crippen MR) is 103 cm³/mol. The first-order chi connectivity index (χ1) is 11.1. The van der Waals surface area contributed by atoms with E-state index < -0.39 is 0 Å². The second kappa shape index (κ2) is 7.29. The Balaban J connectivity index is 2.18. The Hall–Kier alpha value is -1.96. The maximum atomic E-state index is 4.34. The zero-order valence-electron chi connectivity index (χ0n) is 15.9. The molecule has 128 valence electrons. The lowest BCUT2D eigenvalue weighted by molar-refractivity contribution is 0.229. The maximum absolute atomic E-state index is 4.34. The van der Waals surface area contributed by atoms with Crippen LogP contribution < -0.4 is 0 Å². The average Bonchev–Trinajstić information content (AvgIpc) is 2.50. The van der Waals surface area contributed by atoms with Crippen LogP contribution >= 0.6 is 0 Å². The van der Waals surface area contributed by atoms with Crippen LogP contribution in [-0.4, -0.2) is 0 Å². The van der Waals surface area contributed by atoms with Crippen molar-refractivity contribution in [2.75, 3.05) is 0 Å². The van der Waals surface area contributed by atoms with Crippen LogP contribution in [0.3, 0.4) is 0 Å². The molecule has 2 rings (SSSR count). The molecule has 0 radical (unpaired) electrons. The van der Waals surface area contributed by atoms with Crippen molar-refractivity contribution in [3.63, 3.8) is 0 Å². The van der Waals surface area contributed by atoms with E-state index in [2.05, 4.69) is 76.0 Å². The van der Waals surface area contributed by atoms with Gasteiger partial charge in [0.2, 0.25) is 0 Å². The lowest BCUT2D eigenvalue weighted by atomic mass is 9.69. The third kappa shape index (κ3) is 5.59. The molecule has 0 N–H and O–H groups in total. The second-order valence-corrected chi connectivity index (χ2v) is 8.81. The molecule has 0 bridgehead atoms. The SMILES string of the molecule is CC(C)(C)CC(c1ccc(/N=N/c2ccccc2)cc1)C(C)(C)C. The zero-order chi connectivity index (χ0) is 17.8. The van der Waals surface area contributed by atoms with E-state index in [0.29, 0.717) is 11.3 Å². The van der Waals surface area contributed by atoms with E-state index in [1.807, 2.05) is 30.3 Å². The third-order valence-electron chi connectivity index (χ3n) is 4.19. The average molecular weight is 322 g/mol. The van der Waals surface area contributed by atoms with Crippen LogP contribution in [0.5, 0.6) is 0 Å². The number of hydrogen-bond donors (Lipinski definition) is 0. The zero-order valence-corrected chi connectivity index (χ0v) is 15.9. The second-order valence-electron chi connectivity index (χ2n) is 8.81. The van der Waals surface area contributed by atoms with Crippen molar-refractivity contribution in [2.24, 2.45) is 21.1 Å². The van der Waals surface area contributed by atoms with Crippen LogP contribution in [0.1, 0.15) is 59.4 Å². The van der Waals surface area contributed by atoms with Gasteiger partial charge in [0.1, 0.15) is 0 Å². The fourth-order valence-electron chi connectivity index (χ4n) is 2.92. The van der Waals surface area contributed by atoms with Crippen LogP contribution in [0.4, 0.5) is 11.4 Å². The van der Waals surface area contributed by atoms with E-state index in [-0.39, 0.29) is 5.41 Å². The van der Waals surface area contributed by atoms with Gasteiger partial charge in [0, 0.05) is 0 Å². The van der Waals surface area contributed by atoms with Crippen molar-refractivity contribution in [1.82, 2.24) is 0 Å². The summed E-state index contributed by atoms with van der Waals surface area (Å²) in [6, 6.07) is 18.4. The smallest absolute Gasteiger partial charge is 0.0857 e. The molecule has 0 saturated carbocycles. The molecule has 1 unspecified atom stereocenters. The van der Waals surface area contributed by atoms with Gasteiger partial charge in [-0.05, 0) is 53.0 Å². The summed E-state index contributed by atoms with van der Waals surface area (Å²) in [5.74, 6) is 0.526. The summed E-state index contributed by atoms with van der Waals surface area (Å²) in [4.78, 5) is 0. The molecule has 0 spiro atoms. The number of rotatable bonds is 4. The van der Waals surface area contributed by atoms with E-state index in [9.17, 15) is 0 Å². The topological polar surface area (TPSA) is 24.7 Å². The Morgan fingerprint density at radius 2 is 1.21 bits per heavy atom. The molecule has 0 fully saturated rings. The number of nitrogens with zero attached hydrogens (tertiary/aromatic N) is 2. The van der Waals surface area contributed by atoms with Crippen molar-refractivity contribution < 1.29 is 0 Å². The number of azo groups is 1. The van der Waals surface area contributed by atoms with Gasteiger partial charge in [-0.1, -0.05) is 71.9 Å². The van der Waals surface area contributed by atoms with Gasteiger partial charge < -0.3 is 0 Å². The summed E-state index contributed by atoms with van der Waals surface area (Å²) in [6.07, 6.45) is 1.17. The number of hydrogen-bond acceptors (Lipinski definition) is 2. The minimum absolute atomic E-state index is 0.236. The highest BCUT2D eigenvalue weighted by Gasteiger charge is 2.30. The molecule has 2 nitrogen and oxygen atoms in total. The highest BCUT2D eigenvalue weighted by molar-refractivity contribution is 5.42. The molecular weight excluding hydrogens is 292 g/mol. The van der Waals surface area contributed by atoms with Crippen molar-refractivity contribution in [2.45, 2.75) is 53.9 Å². The standard InChI is InChI=1S/C22H30N2/c1-21(2,3)16-20(22(4,5)6)17-12-14-19(15-13-17)24-23-18-10-8-7-9-11-18/h7-15,20H,16H2,1-6H3/b24-23+. The van der Waals surface area contributed by atoms with Crippen LogP contribution in [0.25, 0.3) is 0 Å². The normalized spacial score (nSPS) is 14.1. The first kappa shape index (κ1) is 18.4. The maximum Gasteiger partial charge on any atom is 0.0857 e. The Morgan fingerprint density at radius 3 is 1.67 bits per heavy atom. The Bertz CT molecular complexity index is 656. The van der Waals surface area contributed by atoms with E-state index >= 15 is 0 Å². The van der Waals surface area contributed by atoms with Gasteiger partial charge in [0.05, 0.1) is 11.4 Å². The lowest BCUT2D eigenvalue weighted by Crippen LogP contribution is -2.23. The molecule has 0 aromatic heterocycles. The van der Waals surface area contributed by atoms with Crippen molar-refractivity contribution in [3.8, 4) is 0 Å². The van der Waals surface area contributed by atoms with Crippen molar-refractivity contribution >= 4 is 11.4 Å². The van der Waals surface area contributed by atoms with E-state index in [1.54, 1.807) is 0 Å². The van der Waals surface area contributed by atoms with Gasteiger partial charge in [-0.3, -0.25) is 0 Å². The molecule has 0 saturated heterocycles. The molecule has 0 amide bonds. The summed E-state index contributed by atoms with van der Waals surface area (Å²) in [6.45, 7) is 13.9. The van der Waals surface area contributed by atoms with Crippen molar-refractivity contribution in [1.29, 1.82) is 0 Å². The van der Waals surface area contributed by atoms with Gasteiger partial charge >= 0.3 is 0 Å². The predicted octanol–water partition coefficient (Wildman–Crippen LogP) is 7.67. The van der Waals surface area contributed by atoms with E-state index in [1.165, 1.54) is 12.0 Å². The fourth-order valence-corrected chi connectivity index (χ4v) is 2.92. The molecule has 0 heterocycles. The minimum Gasteiger partial charge on any atom is -0.151 e. The van der Waals surface area contributed by atoms with Crippen LogP contribution in [0.15, 0.2) is 64.8 Å². The Morgan fingerprint density at radius 1 is 0.708 bits per heavy atom. The first-order valence-corrected chi connectivity index (χ1v) is 8.72. The lowest BCUT2D eigenvalue weighted by Gasteiger charge is -2.36. The quantitative estimate of drug-likeness (QED) is 0.516. The summed E-state index contributed by atoms with van der Waals surface area (Å²) in [5, 5.41) is 8.62. The van der Waals surface area contributed by atoms with E-state index in [0.717, 1.165) is 11.4 Å². The molecule has 0 aliphatic rings. The van der Waals surface area contributed by atoms with Gasteiger partial charge in [0.25, 0.3) is 0 Å². The molecule has 2 aromatic carbocycles. The van der Waals surface area contributed by atoms with Crippen LogP contribution in [0.2, 0.25) is 0 Å². The molecular formula is C22H30N2. The van der Waals surface area contributed by atoms with Crippen molar-refractivity contribution in [3.05, 3.63) is 60.2 Å². The van der Waals surface area contributed by atoms with E-state index in [4.69, 9.17) is 0 Å².